The molecule has 0 bridgehead atoms. The number of rotatable bonds is 6. The van der Waals surface area contributed by atoms with Gasteiger partial charge in [0, 0.05) is 55.5 Å². The maximum Gasteiger partial charge on any atom is 0.341 e. The molecule has 2 radical (unpaired) electrons. The molecular formula is C25H25BF2N4O5. The molecule has 192 valence electrons. The second kappa shape index (κ2) is 9.77. The average Bonchev–Trinajstić information content (AvgIpc) is 2.84. The quantitative estimate of drug-likeness (QED) is 0.283. The lowest BCUT2D eigenvalue weighted by molar-refractivity contribution is 0.0694. The van der Waals surface area contributed by atoms with Crippen molar-refractivity contribution in [1.29, 1.82) is 0 Å². The summed E-state index contributed by atoms with van der Waals surface area (Å²) in [7, 11) is 6.46. The van der Waals surface area contributed by atoms with Crippen LogP contribution in [0.15, 0.2) is 29.2 Å². The number of hydrogen-bond acceptors (Lipinski definition) is 7. The molecule has 0 saturated carbocycles. The number of carboxylic acids is 1. The first-order valence-electron chi connectivity index (χ1n) is 11.9. The highest BCUT2D eigenvalue weighted by atomic mass is 19.1. The Kier molecular flexibility index (Phi) is 6.65. The van der Waals surface area contributed by atoms with Crippen LogP contribution in [0.5, 0.6) is 0 Å². The van der Waals surface area contributed by atoms with Crippen LogP contribution < -0.4 is 26.8 Å². The molecule has 1 aromatic heterocycles. The van der Waals surface area contributed by atoms with Crippen molar-refractivity contribution in [3.8, 4) is 5.69 Å². The molecule has 2 fully saturated rings. The number of aliphatic hydroxyl groups is 1. The number of carboxylic acid groups (broad SMARTS) is 1. The van der Waals surface area contributed by atoms with Crippen molar-refractivity contribution in [2.24, 2.45) is 0 Å². The largest absolute Gasteiger partial charge is 0.477 e. The summed E-state index contributed by atoms with van der Waals surface area (Å²) < 4.78 is 36.1. The van der Waals surface area contributed by atoms with Crippen LogP contribution >= 0.6 is 0 Å². The zero-order valence-electron chi connectivity index (χ0n) is 19.8. The minimum atomic E-state index is -1.53. The number of nitrogens with two attached hydrogens (primary N) is 1. The number of hydrogen-bond donors (Lipinski definition) is 4. The number of pyridine rings is 1. The van der Waals surface area contributed by atoms with E-state index in [1.54, 1.807) is 4.90 Å². The molecule has 3 aromatic rings. The van der Waals surface area contributed by atoms with E-state index < -0.39 is 35.2 Å². The minimum Gasteiger partial charge on any atom is -0.477 e. The van der Waals surface area contributed by atoms with E-state index in [1.165, 1.54) is 10.6 Å². The van der Waals surface area contributed by atoms with Crippen LogP contribution in [0.1, 0.15) is 28.8 Å². The molecule has 5 N–H and O–H groups in total. The summed E-state index contributed by atoms with van der Waals surface area (Å²) in [6.45, 7) is 1.74. The summed E-state index contributed by atoms with van der Waals surface area (Å²) in [6, 6.07) is 3.62. The monoisotopic (exact) mass is 510 g/mol. The number of benzene rings is 2. The van der Waals surface area contributed by atoms with Gasteiger partial charge in [-0.15, -0.1) is 0 Å². The Hall–Kier alpha value is -3.48. The Labute approximate surface area is 211 Å². The molecule has 0 atom stereocenters. The molecule has 0 spiro atoms. The van der Waals surface area contributed by atoms with Crippen molar-refractivity contribution in [2.45, 2.75) is 31.5 Å². The van der Waals surface area contributed by atoms with Crippen molar-refractivity contribution >= 4 is 41.6 Å². The number of nitrogens with one attached hydrogen (secondary N) is 1. The first-order valence-corrected chi connectivity index (χ1v) is 11.9. The number of ether oxygens (including phenoxy) is 1. The van der Waals surface area contributed by atoms with E-state index in [0.29, 0.717) is 32.3 Å². The Morgan fingerprint density at radius 1 is 1.16 bits per heavy atom. The Morgan fingerprint density at radius 2 is 1.86 bits per heavy atom. The molecule has 2 saturated heterocycles. The molecule has 0 amide bonds. The van der Waals surface area contributed by atoms with Gasteiger partial charge in [-0.25, -0.2) is 13.6 Å². The van der Waals surface area contributed by atoms with Gasteiger partial charge >= 0.3 is 5.97 Å². The van der Waals surface area contributed by atoms with E-state index in [2.05, 4.69) is 5.32 Å². The molecular weight excluding hydrogens is 485 g/mol. The van der Waals surface area contributed by atoms with Crippen LogP contribution in [0, 0.1) is 11.6 Å². The number of nitrogens with zero attached hydrogens (tertiary/aromatic N) is 2. The van der Waals surface area contributed by atoms with Gasteiger partial charge in [0.05, 0.1) is 29.2 Å². The molecule has 2 aromatic carbocycles. The lowest BCUT2D eigenvalue weighted by Gasteiger charge is -2.44. The summed E-state index contributed by atoms with van der Waals surface area (Å²) >= 11 is 0. The molecule has 12 heteroatoms. The van der Waals surface area contributed by atoms with Gasteiger partial charge in [-0.3, -0.25) is 4.79 Å². The topological polar surface area (TPSA) is 130 Å². The van der Waals surface area contributed by atoms with Crippen molar-refractivity contribution in [2.75, 3.05) is 36.9 Å². The van der Waals surface area contributed by atoms with Crippen LogP contribution in [0.2, 0.25) is 0 Å². The normalized spacial score (nSPS) is 16.8. The standard InChI is InChI=1S/C25H25BF2N4O5/c26-21-22-15(6-18(28)23(21)31-8-14(9-31)30-13-1-3-37-4-2-13)24(34)16(25(35)36)10-32(22)20-7-19(29)17(27)5-12(20)11-33/h5-7,10,13-14,30,33H,1-4,8-9,11,29H2,(H,35,36). The third-order valence-electron chi connectivity index (χ3n) is 7.00. The number of aromatic carboxylic acids is 1. The summed E-state index contributed by atoms with van der Waals surface area (Å²) in [6.07, 6.45) is 2.83. The number of aromatic nitrogens is 1. The first kappa shape index (κ1) is 25.2. The van der Waals surface area contributed by atoms with Crippen molar-refractivity contribution in [1.82, 2.24) is 9.88 Å². The highest BCUT2D eigenvalue weighted by molar-refractivity contribution is 6.42. The fourth-order valence-corrected chi connectivity index (χ4v) is 5.08. The van der Waals surface area contributed by atoms with Gasteiger partial charge < -0.3 is 35.5 Å². The number of fused-ring (bicyclic) bond motifs is 1. The van der Waals surface area contributed by atoms with Gasteiger partial charge in [-0.2, -0.15) is 0 Å². The number of halogens is 2. The predicted molar refractivity (Wildman–Crippen MR) is 135 cm³/mol. The van der Waals surface area contributed by atoms with Gasteiger partial charge in [0.1, 0.15) is 25.0 Å². The molecule has 5 rings (SSSR count). The van der Waals surface area contributed by atoms with Crippen LogP contribution in [-0.4, -0.2) is 67.0 Å². The van der Waals surface area contributed by atoms with Crippen LogP contribution in [-0.2, 0) is 11.3 Å². The highest BCUT2D eigenvalue weighted by Gasteiger charge is 2.33. The Bertz CT molecular complexity index is 1450. The third-order valence-corrected chi connectivity index (χ3v) is 7.00. The number of nitrogen functional groups attached to an aromatic ring is 1. The van der Waals surface area contributed by atoms with E-state index in [-0.39, 0.29) is 45.0 Å². The number of aliphatic hydroxyl groups excluding tert-OH is 1. The zero-order valence-corrected chi connectivity index (χ0v) is 19.8. The van der Waals surface area contributed by atoms with E-state index in [9.17, 15) is 24.2 Å². The molecule has 9 nitrogen and oxygen atoms in total. The second-order valence-corrected chi connectivity index (χ2v) is 9.38. The maximum atomic E-state index is 15.4. The lowest BCUT2D eigenvalue weighted by atomic mass is 9.87. The Balaban J connectivity index is 1.63. The summed E-state index contributed by atoms with van der Waals surface area (Å²) in [4.78, 5) is 26.6. The van der Waals surface area contributed by atoms with Crippen molar-refractivity contribution < 1.29 is 28.5 Å². The average molecular weight is 510 g/mol. The Morgan fingerprint density at radius 3 is 2.51 bits per heavy atom. The SMILES string of the molecule is [B]c1c(N2CC(NC3CCOCC3)C2)c(F)cc2c(=O)c(C(=O)O)cn(-c3cc(N)c(F)cc3CO)c12. The molecule has 0 aliphatic carbocycles. The smallest absolute Gasteiger partial charge is 0.341 e. The van der Waals surface area contributed by atoms with Crippen molar-refractivity contribution in [3.63, 3.8) is 0 Å². The van der Waals surface area contributed by atoms with E-state index in [0.717, 1.165) is 31.2 Å². The molecule has 2 aliphatic heterocycles. The second-order valence-electron chi connectivity index (χ2n) is 9.38. The number of anilines is 2. The predicted octanol–water partition coefficient (Wildman–Crippen LogP) is 0.793. The van der Waals surface area contributed by atoms with Gasteiger partial charge in [0.15, 0.2) is 0 Å². The van der Waals surface area contributed by atoms with Gasteiger partial charge in [0.25, 0.3) is 0 Å². The van der Waals surface area contributed by atoms with Gasteiger partial charge in [-0.05, 0) is 36.5 Å². The first-order chi connectivity index (χ1) is 17.7. The molecule has 37 heavy (non-hydrogen) atoms. The molecule has 0 unspecified atom stereocenters. The van der Waals surface area contributed by atoms with Gasteiger partial charge in [0.2, 0.25) is 5.43 Å². The zero-order chi connectivity index (χ0) is 26.4. The third kappa shape index (κ3) is 4.45. The van der Waals surface area contributed by atoms with Gasteiger partial charge in [-0.1, -0.05) is 0 Å². The summed E-state index contributed by atoms with van der Waals surface area (Å²) in [5.41, 5.74) is 4.15. The number of carbonyl (C=O) groups is 1. The molecule has 3 heterocycles. The fourth-order valence-electron chi connectivity index (χ4n) is 5.08. The minimum absolute atomic E-state index is 0.0351. The van der Waals surface area contributed by atoms with E-state index in [4.69, 9.17) is 18.3 Å². The van der Waals surface area contributed by atoms with Crippen molar-refractivity contribution in [3.05, 3.63) is 57.4 Å². The highest BCUT2D eigenvalue weighted by Crippen LogP contribution is 2.30. The van der Waals surface area contributed by atoms with E-state index >= 15 is 4.39 Å². The summed E-state index contributed by atoms with van der Waals surface area (Å²) in [5.74, 6) is -3.07. The maximum absolute atomic E-state index is 15.4. The molecule has 2 aliphatic rings. The summed E-state index contributed by atoms with van der Waals surface area (Å²) in [5, 5.41) is 22.8. The fraction of sp³-hybridized carbons (Fsp3) is 0.360. The van der Waals surface area contributed by atoms with Crippen LogP contribution in [0.25, 0.3) is 16.6 Å². The van der Waals surface area contributed by atoms with Crippen LogP contribution in [0.4, 0.5) is 20.2 Å². The van der Waals surface area contributed by atoms with Crippen LogP contribution in [0.3, 0.4) is 0 Å². The lowest BCUT2D eigenvalue weighted by Crippen LogP contribution is -2.62. The van der Waals surface area contributed by atoms with E-state index in [1.807, 2.05) is 0 Å².